The lowest BCUT2D eigenvalue weighted by Crippen LogP contribution is -2.54. The largest absolute Gasteiger partial charge is 0.430 e. The first kappa shape index (κ1) is 23.0. The monoisotopic (exact) mass is 441 g/mol. The van der Waals surface area contributed by atoms with Crippen molar-refractivity contribution in [3.63, 3.8) is 0 Å². The molecule has 4 nitrogen and oxygen atoms in total. The van der Waals surface area contributed by atoms with Crippen molar-refractivity contribution in [2.24, 2.45) is 0 Å². The third-order valence-corrected chi connectivity index (χ3v) is 6.22. The van der Waals surface area contributed by atoms with Gasteiger partial charge in [-0.2, -0.15) is 26.3 Å². The number of hydrogen-bond donors (Lipinski definition) is 1. The minimum absolute atomic E-state index is 0.0932. The number of aryl methyl sites for hydroxylation is 2. The SMILES string of the molecule is Cc1cc(C(O)(C(F)(F)F)C(F)(F)F)cc(C)c1N(C)S(=O)(=O)c1ccccc1. The summed E-state index contributed by atoms with van der Waals surface area (Å²) in [6.45, 7) is 2.33. The van der Waals surface area contributed by atoms with Crippen molar-refractivity contribution in [3.8, 4) is 0 Å². The molecule has 2 aromatic rings. The Labute approximate surface area is 163 Å². The fourth-order valence-electron chi connectivity index (χ4n) is 3.02. The molecule has 0 aliphatic heterocycles. The van der Waals surface area contributed by atoms with E-state index in [9.17, 15) is 39.9 Å². The van der Waals surface area contributed by atoms with E-state index in [0.29, 0.717) is 12.1 Å². The van der Waals surface area contributed by atoms with Crippen LogP contribution in [0.3, 0.4) is 0 Å². The fraction of sp³-hybridized carbons (Fsp3) is 0.333. The summed E-state index contributed by atoms with van der Waals surface area (Å²) in [5.74, 6) is 0. The molecule has 0 bridgehead atoms. The summed E-state index contributed by atoms with van der Waals surface area (Å²) in [6.07, 6.45) is -12.1. The van der Waals surface area contributed by atoms with Crippen molar-refractivity contribution in [3.05, 3.63) is 59.2 Å². The number of halogens is 6. The predicted octanol–water partition coefficient (Wildman–Crippen LogP) is 4.44. The number of alkyl halides is 6. The van der Waals surface area contributed by atoms with Gasteiger partial charge < -0.3 is 5.11 Å². The first-order valence-electron chi connectivity index (χ1n) is 8.06. The van der Waals surface area contributed by atoms with Crippen LogP contribution in [0.4, 0.5) is 32.0 Å². The van der Waals surface area contributed by atoms with E-state index in [4.69, 9.17) is 0 Å². The van der Waals surface area contributed by atoms with Gasteiger partial charge in [-0.3, -0.25) is 4.31 Å². The van der Waals surface area contributed by atoms with E-state index in [0.717, 1.165) is 25.2 Å². The van der Waals surface area contributed by atoms with E-state index in [-0.39, 0.29) is 21.7 Å². The number of nitrogens with zero attached hydrogens (tertiary/aromatic N) is 1. The summed E-state index contributed by atoms with van der Waals surface area (Å²) in [4.78, 5) is -0.104. The Morgan fingerprint density at radius 2 is 1.28 bits per heavy atom. The summed E-state index contributed by atoms with van der Waals surface area (Å²) >= 11 is 0. The molecule has 0 heterocycles. The van der Waals surface area contributed by atoms with Crippen LogP contribution in [0.1, 0.15) is 16.7 Å². The van der Waals surface area contributed by atoms with E-state index in [1.54, 1.807) is 6.07 Å². The third kappa shape index (κ3) is 3.80. The first-order chi connectivity index (χ1) is 13.0. The summed E-state index contributed by atoms with van der Waals surface area (Å²) in [5, 5.41) is 9.59. The molecule has 0 spiro atoms. The van der Waals surface area contributed by atoms with Crippen LogP contribution < -0.4 is 4.31 Å². The van der Waals surface area contributed by atoms with Crippen LogP contribution in [0, 0.1) is 13.8 Å². The second-order valence-electron chi connectivity index (χ2n) is 6.45. The number of rotatable bonds is 4. The van der Waals surface area contributed by atoms with Crippen LogP contribution >= 0.6 is 0 Å². The van der Waals surface area contributed by atoms with Gasteiger partial charge >= 0.3 is 12.4 Å². The Balaban J connectivity index is 2.66. The molecule has 2 rings (SSSR count). The molecule has 0 atom stereocenters. The maximum absolute atomic E-state index is 13.1. The Bertz CT molecular complexity index is 963. The smallest absolute Gasteiger partial charge is 0.369 e. The maximum Gasteiger partial charge on any atom is 0.430 e. The number of aliphatic hydroxyl groups is 1. The highest BCUT2D eigenvalue weighted by Gasteiger charge is 2.71. The molecule has 0 amide bonds. The van der Waals surface area contributed by atoms with Crippen LogP contribution in [-0.4, -0.2) is 32.9 Å². The summed E-state index contributed by atoms with van der Waals surface area (Å²) in [7, 11) is -2.98. The summed E-state index contributed by atoms with van der Waals surface area (Å²) in [6, 6.07) is 8.10. The van der Waals surface area contributed by atoms with Gasteiger partial charge in [-0.1, -0.05) is 30.3 Å². The molecule has 0 aromatic heterocycles. The van der Waals surface area contributed by atoms with Crippen LogP contribution in [0.5, 0.6) is 0 Å². The molecule has 0 radical (unpaired) electrons. The van der Waals surface area contributed by atoms with Gasteiger partial charge in [-0.05, 0) is 37.1 Å². The predicted molar refractivity (Wildman–Crippen MR) is 94.0 cm³/mol. The van der Waals surface area contributed by atoms with Crippen LogP contribution in [-0.2, 0) is 15.6 Å². The number of hydrogen-bond acceptors (Lipinski definition) is 3. The molecule has 0 fully saturated rings. The lowest BCUT2D eigenvalue weighted by molar-refractivity contribution is -0.376. The van der Waals surface area contributed by atoms with Crippen LogP contribution in [0.15, 0.2) is 47.4 Å². The van der Waals surface area contributed by atoms with Gasteiger partial charge in [0.1, 0.15) is 0 Å². The topological polar surface area (TPSA) is 57.6 Å². The minimum Gasteiger partial charge on any atom is -0.369 e. The molecular weight excluding hydrogens is 424 g/mol. The standard InChI is InChI=1S/C18H17F6NO3S/c1-11-9-13(16(26,17(19,20)21)18(22,23)24)10-12(2)15(11)25(3)29(27,28)14-7-5-4-6-8-14/h4-10,26H,1-3H3. The van der Waals surface area contributed by atoms with E-state index in [1.165, 1.54) is 24.3 Å². The molecule has 2 aromatic carbocycles. The second kappa shape index (κ2) is 7.21. The molecule has 0 aliphatic rings. The fourth-order valence-corrected chi connectivity index (χ4v) is 4.37. The highest BCUT2D eigenvalue weighted by atomic mass is 32.2. The van der Waals surface area contributed by atoms with E-state index >= 15 is 0 Å². The number of benzene rings is 2. The lowest BCUT2D eigenvalue weighted by Gasteiger charge is -2.34. The van der Waals surface area contributed by atoms with E-state index in [1.807, 2.05) is 0 Å². The van der Waals surface area contributed by atoms with Crippen molar-refractivity contribution in [2.75, 3.05) is 11.4 Å². The quantitative estimate of drug-likeness (QED) is 0.714. The van der Waals surface area contributed by atoms with Crippen molar-refractivity contribution < 1.29 is 39.9 Å². The molecule has 0 saturated heterocycles. The number of anilines is 1. The van der Waals surface area contributed by atoms with Gasteiger partial charge in [0.05, 0.1) is 10.6 Å². The van der Waals surface area contributed by atoms with Gasteiger partial charge in [-0.25, -0.2) is 8.42 Å². The molecular formula is C18H17F6NO3S. The molecule has 0 saturated carbocycles. The van der Waals surface area contributed by atoms with Crippen molar-refractivity contribution in [2.45, 2.75) is 36.7 Å². The van der Waals surface area contributed by atoms with Gasteiger partial charge in [0, 0.05) is 12.6 Å². The van der Waals surface area contributed by atoms with Gasteiger partial charge in [-0.15, -0.1) is 0 Å². The summed E-state index contributed by atoms with van der Waals surface area (Å²) < 4.78 is 105. The molecule has 29 heavy (non-hydrogen) atoms. The zero-order valence-electron chi connectivity index (χ0n) is 15.4. The Morgan fingerprint density at radius 1 is 0.862 bits per heavy atom. The molecule has 1 N–H and O–H groups in total. The molecule has 0 unspecified atom stereocenters. The zero-order chi connectivity index (χ0) is 22.4. The normalized spacial score (nSPS) is 13.4. The third-order valence-electron chi connectivity index (χ3n) is 4.45. The zero-order valence-corrected chi connectivity index (χ0v) is 16.2. The Kier molecular flexibility index (Phi) is 5.72. The van der Waals surface area contributed by atoms with E-state index in [2.05, 4.69) is 0 Å². The average molecular weight is 441 g/mol. The highest BCUT2D eigenvalue weighted by Crippen LogP contribution is 2.51. The Hall–Kier alpha value is -2.27. The Morgan fingerprint density at radius 3 is 1.66 bits per heavy atom. The van der Waals surface area contributed by atoms with Crippen molar-refractivity contribution >= 4 is 15.7 Å². The first-order valence-corrected chi connectivity index (χ1v) is 9.50. The van der Waals surface area contributed by atoms with Crippen molar-refractivity contribution in [1.29, 1.82) is 0 Å². The average Bonchev–Trinajstić information content (AvgIpc) is 2.58. The molecule has 0 aliphatic carbocycles. The van der Waals surface area contributed by atoms with Crippen molar-refractivity contribution in [1.82, 2.24) is 0 Å². The van der Waals surface area contributed by atoms with Gasteiger partial charge in [0.15, 0.2) is 0 Å². The number of sulfonamides is 1. The minimum atomic E-state index is -6.03. The van der Waals surface area contributed by atoms with Crippen LogP contribution in [0.25, 0.3) is 0 Å². The van der Waals surface area contributed by atoms with Crippen LogP contribution in [0.2, 0.25) is 0 Å². The second-order valence-corrected chi connectivity index (χ2v) is 8.42. The lowest BCUT2D eigenvalue weighted by atomic mass is 9.89. The highest BCUT2D eigenvalue weighted by molar-refractivity contribution is 7.92. The summed E-state index contributed by atoms with van der Waals surface area (Å²) in [5.41, 5.74) is -7.00. The molecule has 11 heteroatoms. The van der Waals surface area contributed by atoms with E-state index < -0.39 is 33.5 Å². The molecule has 160 valence electrons. The van der Waals surface area contributed by atoms with Gasteiger partial charge in [0.25, 0.3) is 15.6 Å². The maximum atomic E-state index is 13.1. The van der Waals surface area contributed by atoms with Gasteiger partial charge in [0.2, 0.25) is 0 Å².